The van der Waals surface area contributed by atoms with Crippen LogP contribution in [0.25, 0.3) is 4.96 Å². The van der Waals surface area contributed by atoms with E-state index in [9.17, 15) is 8.42 Å². The number of thiophene rings is 1. The number of nitrogens with one attached hydrogen (secondary N) is 1. The van der Waals surface area contributed by atoms with E-state index in [0.717, 1.165) is 4.88 Å². The van der Waals surface area contributed by atoms with Gasteiger partial charge in [-0.05, 0) is 17.9 Å². The van der Waals surface area contributed by atoms with Crippen LogP contribution in [0.3, 0.4) is 0 Å². The average Bonchev–Trinajstić information content (AvgIpc) is 3.11. The highest BCUT2D eigenvalue weighted by molar-refractivity contribution is 7.89. The molecule has 3 rings (SSSR count). The Balaban J connectivity index is 2.00. The lowest BCUT2D eigenvalue weighted by Gasteiger charge is -2.15. The van der Waals surface area contributed by atoms with Crippen LogP contribution in [0.4, 0.5) is 5.82 Å². The van der Waals surface area contributed by atoms with E-state index in [1.165, 1.54) is 27.1 Å². The summed E-state index contributed by atoms with van der Waals surface area (Å²) in [5, 5.41) is 3.71. The summed E-state index contributed by atoms with van der Waals surface area (Å²) < 4.78 is 29.5. The van der Waals surface area contributed by atoms with E-state index >= 15 is 0 Å². The van der Waals surface area contributed by atoms with E-state index in [1.54, 1.807) is 11.6 Å². The fourth-order valence-electron chi connectivity index (χ4n) is 2.12. The summed E-state index contributed by atoms with van der Waals surface area (Å²) in [7, 11) is -3.74. The molecule has 0 fully saturated rings. The van der Waals surface area contributed by atoms with Crippen molar-refractivity contribution in [1.29, 1.82) is 0 Å². The van der Waals surface area contributed by atoms with Gasteiger partial charge in [-0.1, -0.05) is 13.0 Å². The van der Waals surface area contributed by atoms with Crippen LogP contribution >= 0.6 is 22.7 Å². The quantitative estimate of drug-likeness (QED) is 0.745. The molecule has 9 heteroatoms. The van der Waals surface area contributed by atoms with E-state index in [1.807, 2.05) is 24.4 Å². The molecule has 0 aromatic carbocycles. The topological polar surface area (TPSA) is 89.5 Å². The number of nitrogens with two attached hydrogens (primary N) is 1. The molecule has 0 aliphatic heterocycles. The Bertz CT molecular complexity index is 848. The highest BCUT2D eigenvalue weighted by atomic mass is 32.2. The molecule has 3 N–H and O–H groups in total. The second kappa shape index (κ2) is 5.41. The van der Waals surface area contributed by atoms with Gasteiger partial charge in [0.05, 0.1) is 6.04 Å². The van der Waals surface area contributed by atoms with Crippen molar-refractivity contribution in [2.45, 2.75) is 24.4 Å². The molecule has 6 nitrogen and oxygen atoms in total. The number of hydrogen-bond acceptors (Lipinski definition) is 6. The van der Waals surface area contributed by atoms with Crippen LogP contribution in [-0.2, 0) is 10.0 Å². The first-order chi connectivity index (χ1) is 10.0. The zero-order valence-corrected chi connectivity index (χ0v) is 13.6. The zero-order chi connectivity index (χ0) is 15.0. The molecule has 0 saturated carbocycles. The largest absolute Gasteiger partial charge is 0.381 e. The summed E-state index contributed by atoms with van der Waals surface area (Å²) in [5.74, 6) is 0.0235. The number of imidazole rings is 1. The average molecular weight is 342 g/mol. The molecular weight excluding hydrogens is 328 g/mol. The lowest BCUT2D eigenvalue weighted by Crippen LogP contribution is -2.29. The number of rotatable bonds is 5. The fraction of sp³-hybridized carbons (Fsp3) is 0.250. The molecule has 112 valence electrons. The van der Waals surface area contributed by atoms with Crippen LogP contribution < -0.4 is 10.5 Å². The van der Waals surface area contributed by atoms with Crippen molar-refractivity contribution < 1.29 is 8.42 Å². The van der Waals surface area contributed by atoms with E-state index in [2.05, 4.69) is 9.71 Å². The molecule has 3 aromatic heterocycles. The van der Waals surface area contributed by atoms with Crippen molar-refractivity contribution in [2.75, 3.05) is 5.73 Å². The Labute approximate surface area is 130 Å². The number of thiazole rings is 1. The third kappa shape index (κ3) is 2.57. The van der Waals surface area contributed by atoms with E-state index in [-0.39, 0.29) is 16.9 Å². The Hall–Kier alpha value is -1.42. The molecule has 0 amide bonds. The van der Waals surface area contributed by atoms with E-state index in [4.69, 9.17) is 5.73 Å². The van der Waals surface area contributed by atoms with Crippen molar-refractivity contribution in [3.05, 3.63) is 34.0 Å². The lowest BCUT2D eigenvalue weighted by atomic mass is 10.2. The molecule has 0 aliphatic carbocycles. The third-order valence-corrected chi connectivity index (χ3v) is 6.34. The number of hydrogen-bond donors (Lipinski definition) is 2. The molecule has 1 atom stereocenters. The summed E-state index contributed by atoms with van der Waals surface area (Å²) in [6.45, 7) is 1.94. The zero-order valence-electron chi connectivity index (χ0n) is 11.2. The van der Waals surface area contributed by atoms with E-state index in [0.29, 0.717) is 11.4 Å². The van der Waals surface area contributed by atoms with E-state index < -0.39 is 10.0 Å². The standard InChI is InChI=1S/C12H14N4O2S3/c1-2-8(9-4-3-6-19-9)15-21(17,18)11-10(13)14-12-16(11)5-7-20-12/h3-8,15H,2,13H2,1H3. The Kier molecular flexibility index (Phi) is 3.74. The number of nitrogen functional groups attached to an aromatic ring is 1. The fourth-order valence-corrected chi connectivity index (χ4v) is 5.35. The molecular formula is C12H14N4O2S3. The third-order valence-electron chi connectivity index (χ3n) is 3.09. The number of fused-ring (bicyclic) bond motifs is 1. The van der Waals surface area contributed by atoms with Gasteiger partial charge in [0, 0.05) is 16.5 Å². The molecule has 1 unspecified atom stereocenters. The summed E-state index contributed by atoms with van der Waals surface area (Å²) >= 11 is 2.87. The maximum absolute atomic E-state index is 12.6. The first kappa shape index (κ1) is 14.5. The monoisotopic (exact) mass is 342 g/mol. The van der Waals surface area contributed by atoms with Gasteiger partial charge in [-0.3, -0.25) is 4.40 Å². The molecule has 21 heavy (non-hydrogen) atoms. The molecule has 3 aromatic rings. The van der Waals surface area contributed by atoms with Gasteiger partial charge >= 0.3 is 0 Å². The molecule has 3 heterocycles. The molecule has 0 bridgehead atoms. The van der Waals surface area contributed by atoms with Crippen molar-refractivity contribution in [1.82, 2.24) is 14.1 Å². The van der Waals surface area contributed by atoms with Gasteiger partial charge in [-0.25, -0.2) is 18.1 Å². The first-order valence-corrected chi connectivity index (χ1v) is 9.54. The minimum absolute atomic E-state index is 0.00811. The van der Waals surface area contributed by atoms with Gasteiger partial charge in [0.1, 0.15) is 0 Å². The molecule has 0 radical (unpaired) electrons. The van der Waals surface area contributed by atoms with Crippen LogP contribution in [0.5, 0.6) is 0 Å². The van der Waals surface area contributed by atoms with Gasteiger partial charge in [0.2, 0.25) is 0 Å². The van der Waals surface area contributed by atoms with Gasteiger partial charge in [-0.2, -0.15) is 0 Å². The highest BCUT2D eigenvalue weighted by Crippen LogP contribution is 2.27. The van der Waals surface area contributed by atoms with Gasteiger partial charge in [0.25, 0.3) is 10.0 Å². The first-order valence-electron chi connectivity index (χ1n) is 6.29. The lowest BCUT2D eigenvalue weighted by molar-refractivity contribution is 0.549. The minimum Gasteiger partial charge on any atom is -0.381 e. The van der Waals surface area contributed by atoms with Crippen LogP contribution in [0.15, 0.2) is 34.1 Å². The van der Waals surface area contributed by atoms with Gasteiger partial charge < -0.3 is 5.73 Å². The molecule has 0 saturated heterocycles. The maximum Gasteiger partial charge on any atom is 0.260 e. The van der Waals surface area contributed by atoms with Crippen molar-refractivity contribution in [3.63, 3.8) is 0 Å². The number of nitrogens with zero attached hydrogens (tertiary/aromatic N) is 2. The second-order valence-electron chi connectivity index (χ2n) is 4.46. The van der Waals surface area contributed by atoms with Gasteiger partial charge in [-0.15, -0.1) is 22.7 Å². The van der Waals surface area contributed by atoms with Crippen LogP contribution in [0.2, 0.25) is 0 Å². The predicted octanol–water partition coefficient (Wildman–Crippen LogP) is 2.47. The normalized spacial score (nSPS) is 13.8. The van der Waals surface area contributed by atoms with Crippen molar-refractivity contribution in [3.8, 4) is 0 Å². The summed E-state index contributed by atoms with van der Waals surface area (Å²) in [6, 6.07) is 3.56. The van der Waals surface area contributed by atoms with Crippen molar-refractivity contribution >= 4 is 43.5 Å². The Morgan fingerprint density at radius 2 is 2.24 bits per heavy atom. The summed E-state index contributed by atoms with van der Waals surface area (Å²) in [5.41, 5.74) is 5.78. The molecule has 0 aliphatic rings. The number of anilines is 1. The SMILES string of the molecule is CCC(NS(=O)(=O)c1c(N)nc2sccn12)c1cccs1. The van der Waals surface area contributed by atoms with Crippen LogP contribution in [-0.4, -0.2) is 17.8 Å². The smallest absolute Gasteiger partial charge is 0.260 e. The Morgan fingerprint density at radius 3 is 2.90 bits per heavy atom. The maximum atomic E-state index is 12.6. The van der Waals surface area contributed by atoms with Crippen LogP contribution in [0.1, 0.15) is 24.3 Å². The van der Waals surface area contributed by atoms with Gasteiger partial charge in [0.15, 0.2) is 15.8 Å². The van der Waals surface area contributed by atoms with Crippen LogP contribution in [0, 0.1) is 0 Å². The highest BCUT2D eigenvalue weighted by Gasteiger charge is 2.27. The predicted molar refractivity (Wildman–Crippen MR) is 85.2 cm³/mol. The summed E-state index contributed by atoms with van der Waals surface area (Å²) in [4.78, 5) is 5.62. The number of sulfonamides is 1. The van der Waals surface area contributed by atoms with Crippen molar-refractivity contribution in [2.24, 2.45) is 0 Å². The second-order valence-corrected chi connectivity index (χ2v) is 7.94. The minimum atomic E-state index is -3.74. The Morgan fingerprint density at radius 1 is 1.43 bits per heavy atom. The number of aromatic nitrogens is 2. The summed E-state index contributed by atoms with van der Waals surface area (Å²) in [6.07, 6.45) is 2.31. The molecule has 0 spiro atoms.